The Bertz CT molecular complexity index is 1310. The lowest BCUT2D eigenvalue weighted by Crippen LogP contribution is -2.60. The van der Waals surface area contributed by atoms with Gasteiger partial charge < -0.3 is 29.3 Å². The van der Waals surface area contributed by atoms with Crippen molar-refractivity contribution in [3.8, 4) is 0 Å². The molecule has 0 saturated carbocycles. The average Bonchev–Trinajstić information content (AvgIpc) is 3.50. The van der Waals surface area contributed by atoms with E-state index >= 15 is 0 Å². The number of hydrogen-bond acceptors (Lipinski definition) is 9. The van der Waals surface area contributed by atoms with Crippen molar-refractivity contribution in [1.29, 1.82) is 0 Å². The fourth-order valence-electron chi connectivity index (χ4n) is 8.06. The van der Waals surface area contributed by atoms with E-state index in [4.69, 9.17) is 14.2 Å². The van der Waals surface area contributed by atoms with Crippen molar-refractivity contribution < 1.29 is 34.0 Å². The first-order valence-electron chi connectivity index (χ1n) is 18.5. The van der Waals surface area contributed by atoms with Crippen LogP contribution in [0.3, 0.4) is 0 Å². The number of ketones is 1. The van der Waals surface area contributed by atoms with E-state index in [0.717, 1.165) is 29.6 Å². The number of aliphatic hydroxyl groups excluding tert-OH is 2. The van der Waals surface area contributed by atoms with Crippen LogP contribution in [0.15, 0.2) is 48.1 Å². The highest BCUT2D eigenvalue weighted by molar-refractivity contribution is 14.1. The zero-order chi connectivity index (χ0) is 36.7. The number of alkyl halides is 1. The average molecular weight is 809 g/mol. The Hall–Kier alpha value is -1.67. The minimum atomic E-state index is -1.07. The lowest BCUT2D eigenvalue weighted by molar-refractivity contribution is -0.295. The van der Waals surface area contributed by atoms with Gasteiger partial charge in [-0.3, -0.25) is 14.5 Å². The van der Waals surface area contributed by atoms with Gasteiger partial charge in [-0.1, -0.05) is 92.3 Å². The highest BCUT2D eigenvalue weighted by Crippen LogP contribution is 2.36. The van der Waals surface area contributed by atoms with Crippen LogP contribution in [0.5, 0.6) is 0 Å². The van der Waals surface area contributed by atoms with Crippen LogP contribution in [0.4, 0.5) is 0 Å². The van der Waals surface area contributed by atoms with E-state index in [9.17, 15) is 19.8 Å². The molecule has 0 radical (unpaired) electrons. The maximum atomic E-state index is 13.7. The van der Waals surface area contributed by atoms with Gasteiger partial charge in [-0.15, -0.1) is 0 Å². The van der Waals surface area contributed by atoms with E-state index in [1.165, 1.54) is 11.1 Å². The third-order valence-electron chi connectivity index (χ3n) is 11.3. The molecule has 9 nitrogen and oxygen atoms in total. The Morgan fingerprint density at radius 1 is 1.02 bits per heavy atom. The highest BCUT2D eigenvalue weighted by Gasteiger charge is 2.46. The molecule has 0 aliphatic carbocycles. The van der Waals surface area contributed by atoms with Crippen molar-refractivity contribution in [2.24, 2.45) is 29.6 Å². The van der Waals surface area contributed by atoms with Crippen LogP contribution in [0.25, 0.3) is 0 Å². The molecule has 12 atom stereocenters. The van der Waals surface area contributed by atoms with Crippen molar-refractivity contribution in [2.75, 3.05) is 25.1 Å². The predicted molar refractivity (Wildman–Crippen MR) is 205 cm³/mol. The van der Waals surface area contributed by atoms with Crippen LogP contribution < -0.4 is 0 Å². The molecule has 0 spiro atoms. The molecule has 50 heavy (non-hydrogen) atoms. The Morgan fingerprint density at radius 3 is 2.28 bits per heavy atom. The normalized spacial score (nSPS) is 38.4. The van der Waals surface area contributed by atoms with Crippen LogP contribution in [0.1, 0.15) is 78.4 Å². The van der Waals surface area contributed by atoms with Gasteiger partial charge in [0.2, 0.25) is 0 Å². The van der Waals surface area contributed by atoms with Gasteiger partial charge in [-0.2, -0.15) is 0 Å². The Labute approximate surface area is 313 Å². The second-order valence-electron chi connectivity index (χ2n) is 15.3. The molecule has 4 rings (SSSR count). The van der Waals surface area contributed by atoms with Crippen LogP contribution >= 0.6 is 22.6 Å². The molecule has 0 bridgehead atoms. The van der Waals surface area contributed by atoms with Gasteiger partial charge in [0, 0.05) is 47.2 Å². The summed E-state index contributed by atoms with van der Waals surface area (Å²) >= 11 is 2.30. The van der Waals surface area contributed by atoms with E-state index in [1.54, 1.807) is 6.08 Å². The molecule has 1 fully saturated rings. The topological polar surface area (TPSA) is 109 Å². The Balaban J connectivity index is 1.70. The third-order valence-corrected chi connectivity index (χ3v) is 12.3. The number of fused-ring (bicyclic) bond motifs is 1. The van der Waals surface area contributed by atoms with Crippen molar-refractivity contribution >= 4 is 34.3 Å². The molecule has 2 N–H and O–H groups in total. The number of rotatable bonds is 8. The first-order valence-corrected chi connectivity index (χ1v) is 20.0. The van der Waals surface area contributed by atoms with Crippen LogP contribution in [0.2, 0.25) is 0 Å². The van der Waals surface area contributed by atoms with Gasteiger partial charge in [-0.05, 0) is 76.9 Å². The summed E-state index contributed by atoms with van der Waals surface area (Å²) in [5, 5.41) is 23.4. The van der Waals surface area contributed by atoms with Crippen LogP contribution in [-0.4, -0.2) is 99.7 Å². The number of allylic oxidation sites excluding steroid dienone is 3. The van der Waals surface area contributed by atoms with Gasteiger partial charge in [-0.25, -0.2) is 0 Å². The third kappa shape index (κ3) is 10.5. The fourth-order valence-corrected chi connectivity index (χ4v) is 8.88. The SMILES string of the molecule is CC[C@H]1OC(=O)C[C@@H](O)[C@H](C)[C@@H](O[C@@H]2O[C@H](C)[C@@H](C)[C@H](N(C)C)[C@H]2O)[C@@H](CCN2Cc3ccccc3C2)C[C@@H](C)C(=O)/C=C/C(C)=C/[C@@H]1CI. The van der Waals surface area contributed by atoms with E-state index in [2.05, 4.69) is 64.8 Å². The van der Waals surface area contributed by atoms with E-state index in [-0.39, 0.29) is 54.1 Å². The molecule has 0 aromatic heterocycles. The molecule has 1 aromatic carbocycles. The monoisotopic (exact) mass is 808 g/mol. The summed E-state index contributed by atoms with van der Waals surface area (Å²) in [6.07, 6.45) is 3.15. The molecule has 1 saturated heterocycles. The maximum absolute atomic E-state index is 13.7. The van der Waals surface area contributed by atoms with Crippen molar-refractivity contribution in [2.45, 2.75) is 123 Å². The number of esters is 1. The zero-order valence-electron chi connectivity index (χ0n) is 31.3. The first kappa shape index (κ1) is 41.1. The standard InChI is InChI=1S/C40H61IN2O7/c1-9-35-32(21-41)18-24(2)14-15-33(44)25(3)19-29(16-17-43-22-30-12-10-11-13-31(30)23-43)39(27(5)34(45)20-36(46)49-35)50-40-38(47)37(42(7)8)26(4)28(6)48-40/h10-15,18,25-29,32,34-35,37-40,45,47H,9,16-17,19-23H2,1-8H3/b15-14+,24-18+/t25-,26-,27+,28-,29+,32-,34-,35-,37+,38-,39-,40+/m1/s1. The summed E-state index contributed by atoms with van der Waals surface area (Å²) in [6.45, 7) is 14.3. The number of benzene rings is 1. The molecular formula is C40H61IN2O7. The summed E-state index contributed by atoms with van der Waals surface area (Å²) in [7, 11) is 3.90. The molecule has 0 unspecified atom stereocenters. The molecular weight excluding hydrogens is 747 g/mol. The number of likely N-dealkylation sites (N-methyl/N-ethyl adjacent to an activating group) is 1. The smallest absolute Gasteiger partial charge is 0.308 e. The molecule has 280 valence electrons. The molecule has 3 heterocycles. The zero-order valence-corrected chi connectivity index (χ0v) is 33.5. The largest absolute Gasteiger partial charge is 0.462 e. The van der Waals surface area contributed by atoms with E-state index in [1.807, 2.05) is 59.7 Å². The summed E-state index contributed by atoms with van der Waals surface area (Å²) < 4.78 is 20.0. The second-order valence-corrected chi connectivity index (χ2v) is 16.2. The molecule has 3 aliphatic heterocycles. The Kier molecular flexibility index (Phi) is 15.5. The lowest BCUT2D eigenvalue weighted by atomic mass is 9.79. The summed E-state index contributed by atoms with van der Waals surface area (Å²) in [5.74, 6) is -1.42. The van der Waals surface area contributed by atoms with Gasteiger partial charge in [0.15, 0.2) is 12.1 Å². The maximum Gasteiger partial charge on any atom is 0.308 e. The molecule has 3 aliphatic rings. The van der Waals surface area contributed by atoms with Crippen molar-refractivity contribution in [3.63, 3.8) is 0 Å². The lowest BCUT2D eigenvalue weighted by Gasteiger charge is -2.47. The minimum absolute atomic E-state index is 0.0275. The number of nitrogens with zero attached hydrogens (tertiary/aromatic N) is 2. The minimum Gasteiger partial charge on any atom is -0.462 e. The summed E-state index contributed by atoms with van der Waals surface area (Å²) in [5.41, 5.74) is 3.59. The highest BCUT2D eigenvalue weighted by atomic mass is 127. The molecule has 10 heteroatoms. The first-order chi connectivity index (χ1) is 23.7. The van der Waals surface area contributed by atoms with Crippen LogP contribution in [-0.2, 0) is 36.9 Å². The number of aliphatic hydroxyl groups is 2. The predicted octanol–water partition coefficient (Wildman–Crippen LogP) is 5.94. The number of ether oxygens (including phenoxy) is 3. The van der Waals surface area contributed by atoms with E-state index in [0.29, 0.717) is 19.3 Å². The molecule has 0 amide bonds. The van der Waals surface area contributed by atoms with E-state index < -0.39 is 36.5 Å². The van der Waals surface area contributed by atoms with Gasteiger partial charge in [0.25, 0.3) is 0 Å². The number of hydrogen-bond donors (Lipinski definition) is 2. The number of halogens is 1. The van der Waals surface area contributed by atoms with Crippen molar-refractivity contribution in [3.05, 3.63) is 59.2 Å². The second kappa shape index (κ2) is 18.9. The number of carbonyl (C=O) groups is 2. The van der Waals surface area contributed by atoms with Gasteiger partial charge in [0.1, 0.15) is 12.2 Å². The quantitative estimate of drug-likeness (QED) is 0.188. The van der Waals surface area contributed by atoms with Gasteiger partial charge >= 0.3 is 5.97 Å². The number of cyclic esters (lactones) is 1. The van der Waals surface area contributed by atoms with Gasteiger partial charge in [0.05, 0.1) is 24.7 Å². The summed E-state index contributed by atoms with van der Waals surface area (Å²) in [6, 6.07) is 8.28. The fraction of sp³-hybridized carbons (Fsp3) is 0.700. The Morgan fingerprint density at radius 2 is 1.68 bits per heavy atom. The van der Waals surface area contributed by atoms with Crippen LogP contribution in [0, 0.1) is 29.6 Å². The summed E-state index contributed by atoms with van der Waals surface area (Å²) in [4.78, 5) is 31.5. The van der Waals surface area contributed by atoms with Crippen molar-refractivity contribution in [1.82, 2.24) is 9.80 Å². The number of carbonyl (C=O) groups excluding carboxylic acids is 2. The molecule has 1 aromatic rings.